The van der Waals surface area contributed by atoms with Crippen molar-refractivity contribution < 1.29 is 14.4 Å². The van der Waals surface area contributed by atoms with Gasteiger partial charge in [0.15, 0.2) is 11.6 Å². The van der Waals surface area contributed by atoms with Gasteiger partial charge in [-0.15, -0.1) is 0 Å². The maximum absolute atomic E-state index is 13.1. The molecule has 1 aromatic rings. The quantitative estimate of drug-likeness (QED) is 0.712. The lowest BCUT2D eigenvalue weighted by atomic mass is 10.3. The van der Waals surface area contributed by atoms with Crippen molar-refractivity contribution >= 4 is 0 Å². The van der Waals surface area contributed by atoms with Gasteiger partial charge in [-0.1, -0.05) is 19.1 Å². The maximum atomic E-state index is 13.1. The first-order valence-electron chi connectivity index (χ1n) is 5.44. The Morgan fingerprint density at radius 3 is 2.80 bits per heavy atom. The number of hydrogen-bond acceptors (Lipinski definition) is 1. The first-order valence-corrected chi connectivity index (χ1v) is 5.44. The van der Waals surface area contributed by atoms with Gasteiger partial charge in [-0.3, -0.25) is 0 Å². The summed E-state index contributed by atoms with van der Waals surface area (Å²) in [5.41, 5.74) is 0. The summed E-state index contributed by atoms with van der Waals surface area (Å²) >= 11 is 0. The zero-order valence-corrected chi connectivity index (χ0v) is 9.37. The van der Waals surface area contributed by atoms with Gasteiger partial charge in [-0.2, -0.15) is 0 Å². The third-order valence-corrected chi connectivity index (χ3v) is 2.43. The van der Waals surface area contributed by atoms with E-state index in [2.05, 4.69) is 19.2 Å². The van der Waals surface area contributed by atoms with Gasteiger partial charge in [0.25, 0.3) is 0 Å². The monoisotopic (exact) mass is 212 g/mol. The molecular weight excluding hydrogens is 193 g/mol. The van der Waals surface area contributed by atoms with Crippen LogP contribution in [-0.4, -0.2) is 19.2 Å². The molecule has 1 rings (SSSR count). The first kappa shape index (κ1) is 12.0. The molecule has 0 spiro atoms. The van der Waals surface area contributed by atoms with E-state index in [0.29, 0.717) is 18.4 Å². The summed E-state index contributed by atoms with van der Waals surface area (Å²) in [6, 6.07) is 7.10. The lowest BCUT2D eigenvalue weighted by Crippen LogP contribution is -2.90. The summed E-state index contributed by atoms with van der Waals surface area (Å²) in [7, 11) is 0. The molecule has 0 aromatic heterocycles. The standard InChI is InChI=1S/C12H18FNO/c1-3-10(2)14-8-9-15-12-7-5-4-6-11(12)13/h4-7,10,14H,3,8-9H2,1-2H3/p+1/t10-/m0/s1. The van der Waals surface area contributed by atoms with Crippen LogP contribution < -0.4 is 10.1 Å². The molecule has 0 radical (unpaired) electrons. The van der Waals surface area contributed by atoms with E-state index in [1.807, 2.05) is 0 Å². The van der Waals surface area contributed by atoms with E-state index in [4.69, 9.17) is 4.74 Å². The molecule has 0 heterocycles. The van der Waals surface area contributed by atoms with Crippen molar-refractivity contribution in [2.75, 3.05) is 13.2 Å². The maximum Gasteiger partial charge on any atom is 0.165 e. The van der Waals surface area contributed by atoms with Crippen molar-refractivity contribution in [1.29, 1.82) is 0 Å². The number of hydrogen-bond donors (Lipinski definition) is 1. The van der Waals surface area contributed by atoms with Crippen LogP contribution in [0.1, 0.15) is 20.3 Å². The first-order chi connectivity index (χ1) is 7.24. The summed E-state index contributed by atoms with van der Waals surface area (Å²) in [5, 5.41) is 2.21. The van der Waals surface area contributed by atoms with Gasteiger partial charge in [-0.05, 0) is 25.5 Å². The predicted molar refractivity (Wildman–Crippen MR) is 58.4 cm³/mol. The van der Waals surface area contributed by atoms with E-state index in [1.54, 1.807) is 18.2 Å². The molecule has 0 fully saturated rings. The fourth-order valence-electron chi connectivity index (χ4n) is 1.25. The van der Waals surface area contributed by atoms with Crippen molar-refractivity contribution in [3.05, 3.63) is 30.1 Å². The van der Waals surface area contributed by atoms with E-state index in [-0.39, 0.29) is 5.82 Å². The Morgan fingerprint density at radius 1 is 1.40 bits per heavy atom. The Balaban J connectivity index is 2.23. The highest BCUT2D eigenvalue weighted by atomic mass is 19.1. The molecular formula is C12H19FNO+. The number of halogens is 1. The molecule has 0 aliphatic carbocycles. The molecule has 84 valence electrons. The second-order valence-electron chi connectivity index (χ2n) is 3.69. The highest BCUT2D eigenvalue weighted by Crippen LogP contribution is 2.14. The zero-order chi connectivity index (χ0) is 11.1. The van der Waals surface area contributed by atoms with Gasteiger partial charge in [0.05, 0.1) is 6.04 Å². The smallest absolute Gasteiger partial charge is 0.165 e. The average Bonchev–Trinajstić information content (AvgIpc) is 2.26. The third-order valence-electron chi connectivity index (χ3n) is 2.43. The molecule has 0 saturated heterocycles. The van der Waals surface area contributed by atoms with Crippen LogP contribution in [0.25, 0.3) is 0 Å². The van der Waals surface area contributed by atoms with Crippen LogP contribution in [0.15, 0.2) is 24.3 Å². The van der Waals surface area contributed by atoms with Crippen LogP contribution >= 0.6 is 0 Å². The number of ether oxygens (including phenoxy) is 1. The number of quaternary nitrogens is 1. The van der Waals surface area contributed by atoms with Gasteiger partial charge < -0.3 is 10.1 Å². The van der Waals surface area contributed by atoms with Crippen LogP contribution in [0, 0.1) is 5.82 Å². The molecule has 0 bridgehead atoms. The average molecular weight is 212 g/mol. The molecule has 1 atom stereocenters. The van der Waals surface area contributed by atoms with Gasteiger partial charge in [0.1, 0.15) is 13.2 Å². The van der Waals surface area contributed by atoms with Crippen LogP contribution in [0.5, 0.6) is 5.75 Å². The molecule has 0 amide bonds. The molecule has 3 heteroatoms. The Kier molecular flexibility index (Phi) is 5.12. The normalized spacial score (nSPS) is 12.5. The molecule has 0 unspecified atom stereocenters. The van der Waals surface area contributed by atoms with Crippen molar-refractivity contribution in [3.63, 3.8) is 0 Å². The summed E-state index contributed by atoms with van der Waals surface area (Å²) in [4.78, 5) is 0. The molecule has 0 aliphatic heterocycles. The van der Waals surface area contributed by atoms with E-state index in [9.17, 15) is 4.39 Å². The van der Waals surface area contributed by atoms with E-state index >= 15 is 0 Å². The molecule has 2 N–H and O–H groups in total. The topological polar surface area (TPSA) is 25.8 Å². The summed E-state index contributed by atoms with van der Waals surface area (Å²) < 4.78 is 18.4. The highest BCUT2D eigenvalue weighted by Gasteiger charge is 2.03. The number of rotatable bonds is 6. The SMILES string of the molecule is CC[C@H](C)[NH2+]CCOc1ccccc1F. The summed E-state index contributed by atoms with van der Waals surface area (Å²) in [6.45, 7) is 5.73. The van der Waals surface area contributed by atoms with Crippen LogP contribution in [0.3, 0.4) is 0 Å². The summed E-state index contributed by atoms with van der Waals surface area (Å²) in [6.07, 6.45) is 1.14. The lowest BCUT2D eigenvalue weighted by molar-refractivity contribution is -0.686. The van der Waals surface area contributed by atoms with Crippen molar-refractivity contribution in [3.8, 4) is 5.75 Å². The minimum absolute atomic E-state index is 0.291. The minimum Gasteiger partial charge on any atom is -0.485 e. The second-order valence-corrected chi connectivity index (χ2v) is 3.69. The van der Waals surface area contributed by atoms with Crippen molar-refractivity contribution in [2.45, 2.75) is 26.3 Å². The number of benzene rings is 1. The lowest BCUT2D eigenvalue weighted by Gasteiger charge is -2.09. The molecule has 0 aliphatic rings. The summed E-state index contributed by atoms with van der Waals surface area (Å²) in [5.74, 6) is 0.0519. The van der Waals surface area contributed by atoms with Gasteiger partial charge in [0, 0.05) is 0 Å². The third kappa shape index (κ3) is 4.30. The number of para-hydroxylation sites is 1. The fraction of sp³-hybridized carbons (Fsp3) is 0.500. The Hall–Kier alpha value is -1.09. The van der Waals surface area contributed by atoms with E-state index < -0.39 is 0 Å². The second kappa shape index (κ2) is 6.40. The van der Waals surface area contributed by atoms with Gasteiger partial charge in [0.2, 0.25) is 0 Å². The fourth-order valence-corrected chi connectivity index (χ4v) is 1.25. The largest absolute Gasteiger partial charge is 0.485 e. The van der Waals surface area contributed by atoms with E-state index in [0.717, 1.165) is 13.0 Å². The zero-order valence-electron chi connectivity index (χ0n) is 9.37. The Labute approximate surface area is 90.4 Å². The van der Waals surface area contributed by atoms with Crippen molar-refractivity contribution in [2.24, 2.45) is 0 Å². The van der Waals surface area contributed by atoms with Crippen LogP contribution in [-0.2, 0) is 0 Å². The Bertz CT molecular complexity index is 291. The van der Waals surface area contributed by atoms with Crippen molar-refractivity contribution in [1.82, 2.24) is 0 Å². The predicted octanol–water partition coefficient (Wildman–Crippen LogP) is 1.57. The molecule has 2 nitrogen and oxygen atoms in total. The van der Waals surface area contributed by atoms with Gasteiger partial charge >= 0.3 is 0 Å². The number of nitrogens with two attached hydrogens (primary N) is 1. The molecule has 1 aromatic carbocycles. The highest BCUT2D eigenvalue weighted by molar-refractivity contribution is 5.23. The van der Waals surface area contributed by atoms with Gasteiger partial charge in [-0.25, -0.2) is 4.39 Å². The molecule has 0 saturated carbocycles. The van der Waals surface area contributed by atoms with Crippen LogP contribution in [0.2, 0.25) is 0 Å². The van der Waals surface area contributed by atoms with Crippen LogP contribution in [0.4, 0.5) is 4.39 Å². The minimum atomic E-state index is -0.291. The van der Waals surface area contributed by atoms with E-state index in [1.165, 1.54) is 6.07 Å². The Morgan fingerprint density at radius 2 is 2.13 bits per heavy atom. The molecule has 15 heavy (non-hydrogen) atoms.